The van der Waals surface area contributed by atoms with Gasteiger partial charge in [0, 0.05) is 42.8 Å². The molecule has 1 amide bonds. The van der Waals surface area contributed by atoms with Crippen LogP contribution in [-0.4, -0.2) is 59.9 Å². The summed E-state index contributed by atoms with van der Waals surface area (Å²) in [6, 6.07) is 10.3. The smallest absolute Gasteiger partial charge is 0.251 e. The molecule has 2 aromatic carbocycles. The molecule has 180 valence electrons. The number of carbonyl (C=O) groups excluding carboxylic acids is 1. The summed E-state index contributed by atoms with van der Waals surface area (Å²) in [6.07, 6.45) is 4.83. The van der Waals surface area contributed by atoms with Crippen molar-refractivity contribution >= 4 is 17.5 Å². The standard InChI is InChI=1S/C25H27ClFN3O4/c1-30-10-2-3-18(14-30)24(29-34)12-22(21-9-8-19(26)11-23(21)27)16-4-6-17(7-5-16)25(33)28-13-20(32)15-31/h2-9,11,14,20,22,24,31-32H,10,12-13,15H2,1H3,(H,28,33). The molecule has 0 radical (unpaired) electrons. The Labute approximate surface area is 202 Å². The van der Waals surface area contributed by atoms with Crippen LogP contribution in [0.15, 0.2) is 71.6 Å². The van der Waals surface area contributed by atoms with Crippen LogP contribution in [0.3, 0.4) is 0 Å². The van der Waals surface area contributed by atoms with E-state index < -0.39 is 36.4 Å². The van der Waals surface area contributed by atoms with E-state index in [0.717, 1.165) is 12.1 Å². The number of nitrogens with one attached hydrogen (secondary N) is 1. The van der Waals surface area contributed by atoms with Gasteiger partial charge >= 0.3 is 0 Å². The third-order valence-electron chi connectivity index (χ3n) is 5.67. The number of halogens is 2. The molecule has 9 heteroatoms. The Kier molecular flexibility index (Phi) is 8.92. The minimum absolute atomic E-state index is 0.0839. The molecule has 2 aromatic rings. The Morgan fingerprint density at radius 3 is 2.62 bits per heavy atom. The average molecular weight is 488 g/mol. The first kappa shape index (κ1) is 25.6. The van der Waals surface area contributed by atoms with Gasteiger partial charge in [-0.25, -0.2) is 4.39 Å². The fraction of sp³-hybridized carbons (Fsp3) is 0.320. The van der Waals surface area contributed by atoms with Crippen LogP contribution >= 0.6 is 11.6 Å². The highest BCUT2D eigenvalue weighted by Crippen LogP contribution is 2.35. The van der Waals surface area contributed by atoms with Crippen molar-refractivity contribution in [3.63, 3.8) is 0 Å². The molecule has 1 heterocycles. The molecular formula is C25H27ClFN3O4. The summed E-state index contributed by atoms with van der Waals surface area (Å²) >= 11 is 5.95. The molecule has 1 aliphatic rings. The van der Waals surface area contributed by atoms with E-state index in [1.807, 2.05) is 30.3 Å². The topological polar surface area (TPSA) is 102 Å². The van der Waals surface area contributed by atoms with Gasteiger partial charge in [0.25, 0.3) is 5.91 Å². The number of carbonyl (C=O) groups is 1. The van der Waals surface area contributed by atoms with E-state index in [0.29, 0.717) is 16.7 Å². The Bertz CT molecular complexity index is 1070. The van der Waals surface area contributed by atoms with Gasteiger partial charge in [0.05, 0.1) is 12.7 Å². The van der Waals surface area contributed by atoms with Gasteiger partial charge in [-0.2, -0.15) is 4.91 Å². The van der Waals surface area contributed by atoms with Gasteiger partial charge in [-0.05, 0) is 47.4 Å². The summed E-state index contributed by atoms with van der Waals surface area (Å²) in [7, 11) is 1.89. The first-order valence-corrected chi connectivity index (χ1v) is 11.2. The SMILES string of the molecule is CN1C=C(C(CC(c2ccc(C(=O)NCC(O)CO)cc2)c2ccc(Cl)cc2F)N=O)C=CC1. The average Bonchev–Trinajstić information content (AvgIpc) is 2.84. The molecule has 0 aromatic heterocycles. The minimum atomic E-state index is -1.05. The zero-order valence-corrected chi connectivity index (χ0v) is 19.5. The number of aliphatic hydroxyl groups excluding tert-OH is 2. The number of hydrogen-bond acceptors (Lipinski definition) is 6. The normalized spacial score (nSPS) is 15.9. The lowest BCUT2D eigenvalue weighted by atomic mass is 9.83. The van der Waals surface area contributed by atoms with E-state index >= 15 is 0 Å². The predicted molar refractivity (Wildman–Crippen MR) is 129 cm³/mol. The highest BCUT2D eigenvalue weighted by atomic mass is 35.5. The van der Waals surface area contributed by atoms with Gasteiger partial charge in [-0.3, -0.25) is 4.79 Å². The minimum Gasteiger partial charge on any atom is -0.394 e. The summed E-state index contributed by atoms with van der Waals surface area (Å²) in [5.41, 5.74) is 2.15. The van der Waals surface area contributed by atoms with Crippen molar-refractivity contribution in [2.24, 2.45) is 5.18 Å². The molecule has 0 spiro atoms. The van der Waals surface area contributed by atoms with Gasteiger partial charge in [-0.1, -0.05) is 47.1 Å². The Balaban J connectivity index is 1.90. The zero-order valence-electron chi connectivity index (χ0n) is 18.7. The lowest BCUT2D eigenvalue weighted by molar-refractivity contribution is 0.0802. The molecule has 3 rings (SSSR count). The number of amides is 1. The summed E-state index contributed by atoms with van der Waals surface area (Å²) < 4.78 is 14.9. The fourth-order valence-electron chi connectivity index (χ4n) is 3.84. The van der Waals surface area contributed by atoms with Gasteiger partial charge in [0.15, 0.2) is 0 Å². The van der Waals surface area contributed by atoms with E-state index in [2.05, 4.69) is 10.5 Å². The summed E-state index contributed by atoms with van der Waals surface area (Å²) in [4.78, 5) is 26.0. The number of aliphatic hydroxyl groups is 2. The number of nitrogens with zero attached hydrogens (tertiary/aromatic N) is 2. The van der Waals surface area contributed by atoms with Crippen molar-refractivity contribution in [2.75, 3.05) is 26.7 Å². The molecule has 0 saturated carbocycles. The molecule has 0 aliphatic carbocycles. The second-order valence-electron chi connectivity index (χ2n) is 8.21. The molecule has 7 nitrogen and oxygen atoms in total. The van der Waals surface area contributed by atoms with Crippen molar-refractivity contribution in [1.29, 1.82) is 0 Å². The third-order valence-corrected chi connectivity index (χ3v) is 5.90. The van der Waals surface area contributed by atoms with Crippen LogP contribution in [0.5, 0.6) is 0 Å². The van der Waals surface area contributed by atoms with Crippen LogP contribution in [0.2, 0.25) is 5.02 Å². The molecule has 0 bridgehead atoms. The lowest BCUT2D eigenvalue weighted by Crippen LogP contribution is -2.33. The number of rotatable bonds is 10. The van der Waals surface area contributed by atoms with Crippen LogP contribution in [0.4, 0.5) is 4.39 Å². The Morgan fingerprint density at radius 1 is 1.26 bits per heavy atom. The first-order chi connectivity index (χ1) is 16.3. The molecule has 1 aliphatic heterocycles. The molecule has 34 heavy (non-hydrogen) atoms. The third kappa shape index (κ3) is 6.50. The van der Waals surface area contributed by atoms with E-state index in [-0.39, 0.29) is 18.0 Å². The second-order valence-corrected chi connectivity index (χ2v) is 8.65. The van der Waals surface area contributed by atoms with E-state index in [1.54, 1.807) is 36.4 Å². The summed E-state index contributed by atoms with van der Waals surface area (Å²) in [5.74, 6) is -1.43. The van der Waals surface area contributed by atoms with Crippen molar-refractivity contribution in [3.05, 3.63) is 98.8 Å². The molecule has 0 saturated heterocycles. The number of nitroso groups, excluding NO2 is 1. The second kappa shape index (κ2) is 11.9. The van der Waals surface area contributed by atoms with Crippen molar-refractivity contribution < 1.29 is 19.4 Å². The monoisotopic (exact) mass is 487 g/mol. The number of likely N-dealkylation sites (N-methyl/N-ethyl adjacent to an activating group) is 1. The predicted octanol–water partition coefficient (Wildman–Crippen LogP) is 3.60. The molecule has 3 atom stereocenters. The maximum atomic E-state index is 14.9. The van der Waals surface area contributed by atoms with Gasteiger partial charge in [0.1, 0.15) is 11.9 Å². The van der Waals surface area contributed by atoms with Crippen LogP contribution in [0.1, 0.15) is 33.8 Å². The molecular weight excluding hydrogens is 461 g/mol. The van der Waals surface area contributed by atoms with E-state index in [4.69, 9.17) is 16.7 Å². The molecule has 3 N–H and O–H groups in total. The van der Waals surface area contributed by atoms with Gasteiger partial charge in [0.2, 0.25) is 0 Å². The van der Waals surface area contributed by atoms with Crippen LogP contribution in [-0.2, 0) is 0 Å². The highest BCUT2D eigenvalue weighted by Gasteiger charge is 2.26. The maximum Gasteiger partial charge on any atom is 0.251 e. The van der Waals surface area contributed by atoms with Gasteiger partial charge < -0.3 is 20.4 Å². The summed E-state index contributed by atoms with van der Waals surface area (Å²) in [5, 5.41) is 24.4. The molecule has 0 fully saturated rings. The first-order valence-electron chi connectivity index (χ1n) is 10.8. The van der Waals surface area contributed by atoms with Crippen LogP contribution in [0.25, 0.3) is 0 Å². The Hall–Kier alpha value is -3.07. The fourth-order valence-corrected chi connectivity index (χ4v) is 4.00. The quantitative estimate of drug-likeness (QED) is 0.444. The molecule has 3 unspecified atom stereocenters. The number of benzene rings is 2. The van der Waals surface area contributed by atoms with Crippen LogP contribution < -0.4 is 5.32 Å². The van der Waals surface area contributed by atoms with Crippen molar-refractivity contribution in [3.8, 4) is 0 Å². The van der Waals surface area contributed by atoms with Crippen molar-refractivity contribution in [2.45, 2.75) is 24.5 Å². The maximum absolute atomic E-state index is 14.9. The summed E-state index contributed by atoms with van der Waals surface area (Å²) in [6.45, 7) is 0.184. The zero-order chi connectivity index (χ0) is 24.7. The Morgan fingerprint density at radius 2 is 2.00 bits per heavy atom. The number of hydrogen-bond donors (Lipinski definition) is 3. The van der Waals surface area contributed by atoms with Gasteiger partial charge in [-0.15, -0.1) is 0 Å². The largest absolute Gasteiger partial charge is 0.394 e. The van der Waals surface area contributed by atoms with E-state index in [9.17, 15) is 19.2 Å². The van der Waals surface area contributed by atoms with Crippen molar-refractivity contribution in [1.82, 2.24) is 10.2 Å². The lowest BCUT2D eigenvalue weighted by Gasteiger charge is -2.25. The van der Waals surface area contributed by atoms with E-state index in [1.165, 1.54) is 6.07 Å². The highest BCUT2D eigenvalue weighted by molar-refractivity contribution is 6.30. The van der Waals surface area contributed by atoms with Crippen LogP contribution in [0, 0.1) is 10.7 Å².